The Morgan fingerprint density at radius 3 is 2.52 bits per heavy atom. The Morgan fingerprint density at radius 2 is 1.80 bits per heavy atom. The number of hydrogen-bond donors (Lipinski definition) is 0. The lowest BCUT2D eigenvalue weighted by Gasteiger charge is -2.33. The maximum absolute atomic E-state index is 13.2. The molecular weight excluding hydrogens is 314 g/mol. The summed E-state index contributed by atoms with van der Waals surface area (Å²) in [5.74, 6) is 0.230. The average Bonchev–Trinajstić information content (AvgIpc) is 3.31. The number of amides is 2. The number of benzene rings is 1. The lowest BCUT2D eigenvalue weighted by Crippen LogP contribution is -2.47. The van der Waals surface area contributed by atoms with Crippen LogP contribution in [-0.2, 0) is 11.2 Å². The standard InChI is InChI=1S/C20H27N3O2/c1-14(24)22-12-9-15-13-16(7-8-17(15)22)20(25)23-11-4-6-19(23)18-5-3-10-21(18)2/h7-8,13,18-19H,3-6,9-12H2,1-2H3/t18-,19-/m0/s1. The van der Waals surface area contributed by atoms with Crippen LogP contribution in [0.25, 0.3) is 0 Å². The zero-order chi connectivity index (χ0) is 17.6. The minimum absolute atomic E-state index is 0.0710. The third kappa shape index (κ3) is 2.84. The predicted octanol–water partition coefficient (Wildman–Crippen LogP) is 2.29. The highest BCUT2D eigenvalue weighted by Crippen LogP contribution is 2.32. The quantitative estimate of drug-likeness (QED) is 0.829. The van der Waals surface area contributed by atoms with Gasteiger partial charge in [0.15, 0.2) is 0 Å². The summed E-state index contributed by atoms with van der Waals surface area (Å²) >= 11 is 0. The number of anilines is 1. The lowest BCUT2D eigenvalue weighted by atomic mass is 10.0. The highest BCUT2D eigenvalue weighted by Gasteiger charge is 2.38. The first kappa shape index (κ1) is 16.6. The topological polar surface area (TPSA) is 43.9 Å². The van der Waals surface area contributed by atoms with Crippen LogP contribution >= 0.6 is 0 Å². The van der Waals surface area contributed by atoms with E-state index in [0.717, 1.165) is 55.7 Å². The Labute approximate surface area is 149 Å². The van der Waals surface area contributed by atoms with Gasteiger partial charge in [0.25, 0.3) is 5.91 Å². The van der Waals surface area contributed by atoms with Gasteiger partial charge in [-0.05, 0) is 69.5 Å². The molecule has 3 heterocycles. The molecule has 1 aromatic rings. The van der Waals surface area contributed by atoms with Crippen LogP contribution in [0, 0.1) is 0 Å². The van der Waals surface area contributed by atoms with E-state index in [1.165, 1.54) is 12.8 Å². The van der Waals surface area contributed by atoms with E-state index in [1.807, 2.05) is 18.2 Å². The molecule has 0 saturated carbocycles. The molecule has 3 aliphatic rings. The Kier molecular flexibility index (Phi) is 4.28. The van der Waals surface area contributed by atoms with Crippen LogP contribution in [-0.4, -0.2) is 60.4 Å². The second-order valence-electron chi connectivity index (χ2n) is 7.66. The number of fused-ring (bicyclic) bond motifs is 1. The number of hydrogen-bond acceptors (Lipinski definition) is 3. The van der Waals surface area contributed by atoms with E-state index < -0.39 is 0 Å². The summed E-state index contributed by atoms with van der Waals surface area (Å²) in [5, 5.41) is 0. The summed E-state index contributed by atoms with van der Waals surface area (Å²) in [7, 11) is 2.18. The largest absolute Gasteiger partial charge is 0.334 e. The van der Waals surface area contributed by atoms with Gasteiger partial charge in [-0.25, -0.2) is 0 Å². The van der Waals surface area contributed by atoms with Crippen molar-refractivity contribution in [2.45, 2.75) is 51.1 Å². The third-order valence-corrected chi connectivity index (χ3v) is 6.18. The van der Waals surface area contributed by atoms with Crippen molar-refractivity contribution in [2.24, 2.45) is 0 Å². The molecule has 2 saturated heterocycles. The van der Waals surface area contributed by atoms with Gasteiger partial charge in [-0.2, -0.15) is 0 Å². The molecule has 4 rings (SSSR count). The fourth-order valence-electron chi connectivity index (χ4n) is 4.89. The highest BCUT2D eigenvalue weighted by molar-refractivity contribution is 5.98. The molecule has 1 aromatic carbocycles. The Bertz CT molecular complexity index is 702. The smallest absolute Gasteiger partial charge is 0.254 e. The first-order valence-corrected chi connectivity index (χ1v) is 9.48. The lowest BCUT2D eigenvalue weighted by molar-refractivity contribution is -0.116. The van der Waals surface area contributed by atoms with Crippen LogP contribution in [0.1, 0.15) is 48.5 Å². The molecule has 25 heavy (non-hydrogen) atoms. The first-order chi connectivity index (χ1) is 12.1. The van der Waals surface area contributed by atoms with Gasteiger partial charge in [0, 0.05) is 43.3 Å². The molecule has 5 heteroatoms. The summed E-state index contributed by atoms with van der Waals surface area (Å²) in [6.45, 7) is 4.33. The second-order valence-corrected chi connectivity index (χ2v) is 7.66. The maximum atomic E-state index is 13.2. The molecule has 3 aliphatic heterocycles. The van der Waals surface area contributed by atoms with Crippen molar-refractivity contribution in [1.82, 2.24) is 9.80 Å². The average molecular weight is 341 g/mol. The van der Waals surface area contributed by atoms with Crippen molar-refractivity contribution in [3.8, 4) is 0 Å². The predicted molar refractivity (Wildman–Crippen MR) is 97.9 cm³/mol. The number of carbonyl (C=O) groups is 2. The number of likely N-dealkylation sites (tertiary alicyclic amines) is 2. The molecule has 0 bridgehead atoms. The molecule has 0 spiro atoms. The molecule has 5 nitrogen and oxygen atoms in total. The number of nitrogens with zero attached hydrogens (tertiary/aromatic N) is 3. The van der Waals surface area contributed by atoms with Gasteiger partial charge < -0.3 is 14.7 Å². The summed E-state index contributed by atoms with van der Waals surface area (Å²) in [5.41, 5.74) is 2.86. The Balaban J connectivity index is 1.56. The van der Waals surface area contributed by atoms with E-state index in [9.17, 15) is 9.59 Å². The van der Waals surface area contributed by atoms with Gasteiger partial charge in [0.2, 0.25) is 5.91 Å². The fraction of sp³-hybridized carbons (Fsp3) is 0.600. The zero-order valence-corrected chi connectivity index (χ0v) is 15.2. The van der Waals surface area contributed by atoms with Gasteiger partial charge in [-0.1, -0.05) is 0 Å². The molecule has 0 aliphatic carbocycles. The van der Waals surface area contributed by atoms with Gasteiger partial charge >= 0.3 is 0 Å². The van der Waals surface area contributed by atoms with Crippen molar-refractivity contribution >= 4 is 17.5 Å². The monoisotopic (exact) mass is 341 g/mol. The van der Waals surface area contributed by atoms with Crippen LogP contribution in [0.3, 0.4) is 0 Å². The van der Waals surface area contributed by atoms with E-state index >= 15 is 0 Å². The van der Waals surface area contributed by atoms with Crippen LogP contribution in [0.4, 0.5) is 5.69 Å². The molecule has 0 N–H and O–H groups in total. The third-order valence-electron chi connectivity index (χ3n) is 6.18. The van der Waals surface area contributed by atoms with Gasteiger partial charge in [0.1, 0.15) is 0 Å². The van der Waals surface area contributed by atoms with E-state index in [2.05, 4.69) is 16.8 Å². The van der Waals surface area contributed by atoms with E-state index in [0.29, 0.717) is 12.1 Å². The van der Waals surface area contributed by atoms with Crippen molar-refractivity contribution in [3.63, 3.8) is 0 Å². The van der Waals surface area contributed by atoms with Crippen LogP contribution in [0.2, 0.25) is 0 Å². The molecular formula is C20H27N3O2. The van der Waals surface area contributed by atoms with Gasteiger partial charge in [-0.15, -0.1) is 0 Å². The highest BCUT2D eigenvalue weighted by atomic mass is 16.2. The normalized spacial score (nSPS) is 26.3. The number of rotatable bonds is 2. The molecule has 2 fully saturated rings. The minimum Gasteiger partial charge on any atom is -0.334 e. The summed E-state index contributed by atoms with van der Waals surface area (Å²) < 4.78 is 0. The minimum atomic E-state index is 0.0710. The summed E-state index contributed by atoms with van der Waals surface area (Å²) in [6.07, 6.45) is 5.49. The van der Waals surface area contributed by atoms with E-state index in [-0.39, 0.29) is 11.8 Å². The molecule has 0 aromatic heterocycles. The Morgan fingerprint density at radius 1 is 1.04 bits per heavy atom. The van der Waals surface area contributed by atoms with Crippen molar-refractivity contribution in [1.29, 1.82) is 0 Å². The SMILES string of the molecule is CC(=O)N1CCc2cc(C(=O)N3CCC[C@H]3[C@@H]3CCCN3C)ccc21. The van der Waals surface area contributed by atoms with Gasteiger partial charge in [-0.3, -0.25) is 9.59 Å². The van der Waals surface area contributed by atoms with Crippen LogP contribution < -0.4 is 4.90 Å². The molecule has 2 amide bonds. The molecule has 0 unspecified atom stereocenters. The van der Waals surface area contributed by atoms with E-state index in [4.69, 9.17) is 0 Å². The van der Waals surface area contributed by atoms with Gasteiger partial charge in [0.05, 0.1) is 0 Å². The Hall–Kier alpha value is -1.88. The maximum Gasteiger partial charge on any atom is 0.254 e. The van der Waals surface area contributed by atoms with Crippen molar-refractivity contribution in [2.75, 3.05) is 31.6 Å². The van der Waals surface area contributed by atoms with Crippen LogP contribution in [0.15, 0.2) is 18.2 Å². The molecule has 134 valence electrons. The first-order valence-electron chi connectivity index (χ1n) is 9.48. The second kappa shape index (κ2) is 6.45. The van der Waals surface area contributed by atoms with Crippen molar-refractivity contribution < 1.29 is 9.59 Å². The van der Waals surface area contributed by atoms with E-state index in [1.54, 1.807) is 11.8 Å². The molecule has 0 radical (unpaired) electrons. The number of carbonyl (C=O) groups excluding carboxylic acids is 2. The molecule has 2 atom stereocenters. The summed E-state index contributed by atoms with van der Waals surface area (Å²) in [4.78, 5) is 31.2. The van der Waals surface area contributed by atoms with Crippen LogP contribution in [0.5, 0.6) is 0 Å². The zero-order valence-electron chi connectivity index (χ0n) is 15.2. The fourth-order valence-corrected chi connectivity index (χ4v) is 4.89. The number of likely N-dealkylation sites (N-methyl/N-ethyl adjacent to an activating group) is 1. The summed E-state index contributed by atoms with van der Waals surface area (Å²) in [6, 6.07) is 6.71. The van der Waals surface area contributed by atoms with Crippen molar-refractivity contribution in [3.05, 3.63) is 29.3 Å².